The van der Waals surface area contributed by atoms with Gasteiger partial charge in [-0.3, -0.25) is 57.5 Å². The van der Waals surface area contributed by atoms with Gasteiger partial charge in [0.1, 0.15) is 48.0 Å². The second-order valence-corrected chi connectivity index (χ2v) is 20.6. The quantitative estimate of drug-likeness (QED) is 0.0615. The third-order valence-electron chi connectivity index (χ3n) is 11.5. The molecular formula is C45H71N13O14S2. The van der Waals surface area contributed by atoms with Crippen LogP contribution in [-0.4, -0.2) is 166 Å². The number of nitrogens with two attached hydrogens (primary N) is 5. The highest BCUT2D eigenvalue weighted by Crippen LogP contribution is 2.26. The molecule has 1 aromatic carbocycles. The van der Waals surface area contributed by atoms with Gasteiger partial charge in [-0.1, -0.05) is 67.8 Å². The van der Waals surface area contributed by atoms with Gasteiger partial charge in [-0.15, -0.1) is 0 Å². The average Bonchev–Trinajstić information content (AvgIpc) is 3.84. The first-order valence-corrected chi connectivity index (χ1v) is 26.2. The first-order chi connectivity index (χ1) is 34.8. The van der Waals surface area contributed by atoms with Crippen LogP contribution < -0.4 is 65.9 Å². The summed E-state index contributed by atoms with van der Waals surface area (Å²) < 4.78 is 0. The van der Waals surface area contributed by atoms with Gasteiger partial charge in [-0.25, -0.2) is 0 Å². The van der Waals surface area contributed by atoms with Crippen molar-refractivity contribution in [3.05, 3.63) is 29.8 Å². The van der Waals surface area contributed by atoms with Crippen molar-refractivity contribution in [2.24, 2.45) is 40.5 Å². The second kappa shape index (κ2) is 31.8. The number of carboxylic acids is 1. The van der Waals surface area contributed by atoms with Gasteiger partial charge >= 0.3 is 5.97 Å². The summed E-state index contributed by atoms with van der Waals surface area (Å²) in [5, 5.41) is 35.3. The van der Waals surface area contributed by atoms with Crippen LogP contribution in [0.5, 0.6) is 5.75 Å². The van der Waals surface area contributed by atoms with Crippen LogP contribution >= 0.6 is 21.6 Å². The number of phenolic OH excluding ortho intramolecular Hbond substituents is 1. The number of nitrogens with one attached hydrogen (secondary N) is 7. The maximum atomic E-state index is 14.5. The minimum atomic E-state index is -1.75. The third kappa shape index (κ3) is 22.2. The van der Waals surface area contributed by atoms with E-state index >= 15 is 0 Å². The standard InChI is InChI=1S/C43H66N12O12S2.C2H5NO2/c1-5-22(4)35-42(66)49-26(12-13-32(45)57)38(62)51-29(17-33(46)58)39(63)53-30(20-69-68-19-25(44)36(60)50-28(40(64)54-35)16-23-8-10-24(56)11-9-23)43(67)55-14-6-7-31(55)41(65)52-27(15-21(2)3)37(61)48-18-34(47)59;3-1-2(4)5/h8-11,21-22,25-31,35,56H,5-7,12-20,44H2,1-4H3,(H2,45,57)(H2,46,58)(H2,47,59)(H,48,61)(H,49,66)(H,50,60)(H,51,62)(H,52,65)(H,53,63)(H,54,64);1,3H2,(H,4,5)/t22-,25-,26-,27-,28-,29-,30-,31-,35-;/m0./s1. The number of aromatic hydroxyl groups is 1. The molecule has 0 aromatic heterocycles. The van der Waals surface area contributed by atoms with Crippen LogP contribution in [0.25, 0.3) is 0 Å². The van der Waals surface area contributed by atoms with Crippen molar-refractivity contribution in [2.45, 2.75) is 127 Å². The fourth-order valence-electron chi connectivity index (χ4n) is 7.34. The smallest absolute Gasteiger partial charge is 0.317 e. The number of aliphatic carboxylic acids is 1. The molecule has 0 spiro atoms. The molecule has 19 N–H and O–H groups in total. The molecule has 2 fully saturated rings. The molecule has 11 amide bonds. The zero-order chi connectivity index (χ0) is 55.8. The van der Waals surface area contributed by atoms with E-state index in [0.717, 1.165) is 21.6 Å². The third-order valence-corrected chi connectivity index (χ3v) is 13.9. The maximum Gasteiger partial charge on any atom is 0.317 e. The van der Waals surface area contributed by atoms with Gasteiger partial charge in [0.25, 0.3) is 0 Å². The SMILES string of the molecule is CC[C@H](C)[C@@H]1NC(=O)[C@H](Cc2ccc(O)cc2)NC(=O)[C@@H](N)CSSC[C@@H](C(=O)N2CCC[C@H]2C(=O)N[C@@H](CC(C)C)C(=O)NCC(N)=O)NC(=O)[C@H](CC(N)=O)NC(=O)[C@H](CCC(N)=O)NC1=O.NCC(=O)O. The molecule has 2 heterocycles. The molecule has 0 unspecified atom stereocenters. The lowest BCUT2D eigenvalue weighted by Crippen LogP contribution is -2.61. The largest absolute Gasteiger partial charge is 0.508 e. The number of benzene rings is 1. The van der Waals surface area contributed by atoms with Crippen molar-refractivity contribution in [3.63, 3.8) is 0 Å². The van der Waals surface area contributed by atoms with Crippen LogP contribution in [0.3, 0.4) is 0 Å². The molecule has 9 atom stereocenters. The van der Waals surface area contributed by atoms with Crippen LogP contribution in [0, 0.1) is 11.8 Å². The minimum absolute atomic E-state index is 0.0468. The summed E-state index contributed by atoms with van der Waals surface area (Å²) in [5.41, 5.74) is 27.5. The Morgan fingerprint density at radius 2 is 1.36 bits per heavy atom. The molecule has 3 rings (SSSR count). The minimum Gasteiger partial charge on any atom is -0.508 e. The molecule has 0 aliphatic carbocycles. The number of likely N-dealkylation sites (tertiary alicyclic amines) is 1. The van der Waals surface area contributed by atoms with Gasteiger partial charge in [-0.2, -0.15) is 0 Å². The van der Waals surface area contributed by atoms with E-state index in [1.54, 1.807) is 13.8 Å². The summed E-state index contributed by atoms with van der Waals surface area (Å²) in [6.45, 7) is 6.32. The first kappa shape index (κ1) is 63.4. The van der Waals surface area contributed by atoms with Gasteiger partial charge in [0, 0.05) is 30.9 Å². The zero-order valence-electron chi connectivity index (χ0n) is 41.7. The van der Waals surface area contributed by atoms with Gasteiger partial charge in [0.2, 0.25) is 65.0 Å². The summed E-state index contributed by atoms with van der Waals surface area (Å²) >= 11 is 0. The van der Waals surface area contributed by atoms with E-state index in [4.69, 9.17) is 28.0 Å². The number of carbonyl (C=O) groups is 12. The predicted octanol–water partition coefficient (Wildman–Crippen LogP) is -4.58. The molecule has 0 radical (unpaired) electrons. The highest BCUT2D eigenvalue weighted by Gasteiger charge is 2.41. The number of carbonyl (C=O) groups excluding carboxylic acids is 11. The molecule has 2 saturated heterocycles. The van der Waals surface area contributed by atoms with Crippen molar-refractivity contribution in [1.82, 2.24) is 42.1 Å². The number of rotatable bonds is 18. The Kier molecular flexibility index (Phi) is 27.2. The second-order valence-electron chi connectivity index (χ2n) is 18.0. The van der Waals surface area contributed by atoms with Crippen LogP contribution in [0.4, 0.5) is 0 Å². The van der Waals surface area contributed by atoms with Crippen LogP contribution in [-0.2, 0) is 64.0 Å². The zero-order valence-corrected chi connectivity index (χ0v) is 43.4. The normalized spacial score (nSPS) is 23.1. The van der Waals surface area contributed by atoms with E-state index in [0.29, 0.717) is 18.4 Å². The fraction of sp³-hybridized carbons (Fsp3) is 0.600. The van der Waals surface area contributed by atoms with Crippen molar-refractivity contribution in [1.29, 1.82) is 0 Å². The van der Waals surface area contributed by atoms with E-state index < -0.39 is 151 Å². The summed E-state index contributed by atoms with van der Waals surface area (Å²) in [6.07, 6.45) is -0.694. The van der Waals surface area contributed by atoms with E-state index in [2.05, 4.69) is 43.0 Å². The maximum absolute atomic E-state index is 14.5. The summed E-state index contributed by atoms with van der Waals surface area (Å²) in [5.74, 6) is -11.4. The molecule has 1 aromatic rings. The Morgan fingerprint density at radius 3 is 1.93 bits per heavy atom. The Hall–Kier alpha value is -6.72. The highest BCUT2D eigenvalue weighted by atomic mass is 33.1. The number of amides is 11. The highest BCUT2D eigenvalue weighted by molar-refractivity contribution is 8.76. The van der Waals surface area contributed by atoms with Crippen molar-refractivity contribution < 1.29 is 67.7 Å². The van der Waals surface area contributed by atoms with Gasteiger partial charge < -0.3 is 81.0 Å². The number of carboxylic acid groups (broad SMARTS) is 1. The molecule has 2 aliphatic heterocycles. The number of primary amides is 3. The molecule has 0 bridgehead atoms. The topological polar surface area (TPSA) is 463 Å². The number of nitrogens with zero attached hydrogens (tertiary/aromatic N) is 1. The Bertz CT molecular complexity index is 2170. The van der Waals surface area contributed by atoms with E-state index in [1.165, 1.54) is 29.2 Å². The van der Waals surface area contributed by atoms with Gasteiger partial charge in [0.05, 0.1) is 25.6 Å². The molecule has 74 heavy (non-hydrogen) atoms. The van der Waals surface area contributed by atoms with E-state index in [-0.39, 0.29) is 55.5 Å². The Morgan fingerprint density at radius 1 is 0.784 bits per heavy atom. The summed E-state index contributed by atoms with van der Waals surface area (Å²) in [4.78, 5) is 157. The number of hydrogen-bond acceptors (Lipinski definition) is 17. The van der Waals surface area contributed by atoms with Crippen LogP contribution in [0.2, 0.25) is 0 Å². The monoisotopic (exact) mass is 1080 g/mol. The molecule has 0 saturated carbocycles. The molecule has 27 nitrogen and oxygen atoms in total. The molecule has 2 aliphatic rings. The fourth-order valence-corrected chi connectivity index (χ4v) is 9.62. The van der Waals surface area contributed by atoms with Crippen molar-refractivity contribution in [3.8, 4) is 5.75 Å². The molecule has 29 heteroatoms. The predicted molar refractivity (Wildman–Crippen MR) is 271 cm³/mol. The average molecular weight is 1080 g/mol. The number of hydrogen-bond donors (Lipinski definition) is 14. The van der Waals surface area contributed by atoms with Gasteiger partial charge in [-0.05, 0) is 55.2 Å². The van der Waals surface area contributed by atoms with Crippen molar-refractivity contribution >= 4 is 92.5 Å². The summed E-state index contributed by atoms with van der Waals surface area (Å²) in [6, 6.07) is -5.05. The lowest BCUT2D eigenvalue weighted by molar-refractivity contribution is -0.142. The Labute approximate surface area is 435 Å². The Balaban J connectivity index is 0.00000356. The van der Waals surface area contributed by atoms with Gasteiger partial charge in [0.15, 0.2) is 0 Å². The van der Waals surface area contributed by atoms with Crippen LogP contribution in [0.15, 0.2) is 24.3 Å². The lowest BCUT2D eigenvalue weighted by Gasteiger charge is -2.31. The number of phenols is 1. The van der Waals surface area contributed by atoms with E-state index in [1.807, 2.05) is 13.8 Å². The van der Waals surface area contributed by atoms with Crippen molar-refractivity contribution in [2.75, 3.05) is 31.1 Å². The lowest BCUT2D eigenvalue weighted by atomic mass is 9.96. The molecular weight excluding hydrogens is 1010 g/mol. The van der Waals surface area contributed by atoms with E-state index in [9.17, 15) is 62.6 Å². The molecule has 412 valence electrons. The first-order valence-electron chi connectivity index (χ1n) is 23.7. The summed E-state index contributed by atoms with van der Waals surface area (Å²) in [7, 11) is 2.05. The van der Waals surface area contributed by atoms with Crippen LogP contribution in [0.1, 0.15) is 78.2 Å².